The first kappa shape index (κ1) is 23.3. The lowest BCUT2D eigenvalue weighted by molar-refractivity contribution is -0.122. The minimum Gasteiger partial charge on any atom is -0.481 e. The Kier molecular flexibility index (Phi) is 7.05. The molecule has 0 bridgehead atoms. The quantitative estimate of drug-likeness (QED) is 0.421. The van der Waals surface area contributed by atoms with Crippen molar-refractivity contribution in [1.82, 2.24) is 0 Å². The number of ether oxygens (including phenoxy) is 1. The summed E-state index contributed by atoms with van der Waals surface area (Å²) in [4.78, 5) is 27.4. The first-order chi connectivity index (χ1) is 15.8. The van der Waals surface area contributed by atoms with Crippen molar-refractivity contribution in [2.24, 2.45) is 5.92 Å². The predicted octanol–water partition coefficient (Wildman–Crippen LogP) is 6.49. The highest BCUT2D eigenvalue weighted by molar-refractivity contribution is 7.17. The number of fused-ring (bicyclic) bond motifs is 1. The largest absolute Gasteiger partial charge is 0.481 e. The third kappa shape index (κ3) is 5.57. The van der Waals surface area contributed by atoms with Crippen LogP contribution < -0.4 is 15.4 Å². The molecule has 1 heterocycles. The van der Waals surface area contributed by atoms with Crippen molar-refractivity contribution < 1.29 is 14.3 Å². The Morgan fingerprint density at radius 1 is 1.15 bits per heavy atom. The minimum absolute atomic E-state index is 0.204. The summed E-state index contributed by atoms with van der Waals surface area (Å²) in [5, 5.41) is 7.06. The highest BCUT2D eigenvalue weighted by atomic mass is 35.5. The van der Waals surface area contributed by atoms with Crippen LogP contribution in [-0.2, 0) is 17.6 Å². The maximum Gasteiger partial charge on any atom is 0.265 e. The molecule has 33 heavy (non-hydrogen) atoms. The molecule has 0 fully saturated rings. The average Bonchev–Trinajstić information content (AvgIpc) is 3.12. The molecular formula is C26H27ClN2O3S. The van der Waals surface area contributed by atoms with E-state index in [1.807, 2.05) is 31.2 Å². The van der Waals surface area contributed by atoms with Gasteiger partial charge in [-0.1, -0.05) is 42.3 Å². The standard InChI is InChI=1S/C26H27ClN2O3S/c1-15-7-10-19(11-8-15)28-25(31)23-21-12-9-16(2)13-22(21)33-26(23)29-24(30)17(3)32-20-6-4-5-18(27)14-20/h4-8,10-11,14,16-17H,9,12-13H2,1-3H3,(H,28,31)(H,29,30)/t16-,17+/m0/s1. The summed E-state index contributed by atoms with van der Waals surface area (Å²) in [5.74, 6) is 0.551. The zero-order valence-corrected chi connectivity index (χ0v) is 20.5. The van der Waals surface area contributed by atoms with Crippen molar-refractivity contribution in [3.05, 3.63) is 75.1 Å². The number of amides is 2. The highest BCUT2D eigenvalue weighted by Crippen LogP contribution is 2.40. The van der Waals surface area contributed by atoms with Gasteiger partial charge in [0.2, 0.25) is 0 Å². The van der Waals surface area contributed by atoms with Gasteiger partial charge >= 0.3 is 0 Å². The van der Waals surface area contributed by atoms with Crippen LogP contribution >= 0.6 is 22.9 Å². The third-order valence-electron chi connectivity index (χ3n) is 5.76. The van der Waals surface area contributed by atoms with E-state index in [0.29, 0.717) is 27.3 Å². The third-order valence-corrected chi connectivity index (χ3v) is 7.17. The van der Waals surface area contributed by atoms with Gasteiger partial charge in [-0.2, -0.15) is 0 Å². The lowest BCUT2D eigenvalue weighted by Gasteiger charge is -2.19. The van der Waals surface area contributed by atoms with E-state index in [1.54, 1.807) is 31.2 Å². The van der Waals surface area contributed by atoms with Crippen LogP contribution in [0.15, 0.2) is 48.5 Å². The van der Waals surface area contributed by atoms with Gasteiger partial charge in [-0.05, 0) is 74.9 Å². The predicted molar refractivity (Wildman–Crippen MR) is 135 cm³/mol. The highest BCUT2D eigenvalue weighted by Gasteiger charge is 2.29. The first-order valence-corrected chi connectivity index (χ1v) is 12.2. The van der Waals surface area contributed by atoms with Gasteiger partial charge in [0.25, 0.3) is 11.8 Å². The molecule has 0 radical (unpaired) electrons. The molecule has 5 nitrogen and oxygen atoms in total. The number of aryl methyl sites for hydroxylation is 1. The number of halogens is 1. The van der Waals surface area contributed by atoms with E-state index >= 15 is 0 Å². The number of thiophene rings is 1. The van der Waals surface area contributed by atoms with Crippen LogP contribution in [0.2, 0.25) is 5.02 Å². The van der Waals surface area contributed by atoms with E-state index in [2.05, 4.69) is 17.6 Å². The second kappa shape index (κ2) is 9.98. The Hall–Kier alpha value is -2.83. The lowest BCUT2D eigenvalue weighted by atomic mass is 9.88. The van der Waals surface area contributed by atoms with Crippen LogP contribution in [0, 0.1) is 12.8 Å². The van der Waals surface area contributed by atoms with Gasteiger partial charge in [0, 0.05) is 15.6 Å². The Morgan fingerprint density at radius 3 is 2.64 bits per heavy atom. The molecule has 2 aromatic carbocycles. The van der Waals surface area contributed by atoms with Crippen LogP contribution in [0.4, 0.5) is 10.7 Å². The van der Waals surface area contributed by atoms with Crippen molar-refractivity contribution in [3.63, 3.8) is 0 Å². The Labute approximate surface area is 203 Å². The summed E-state index contributed by atoms with van der Waals surface area (Å²) >= 11 is 7.51. The Morgan fingerprint density at radius 2 is 1.91 bits per heavy atom. The number of benzene rings is 2. The SMILES string of the molecule is Cc1ccc(NC(=O)c2c(NC(=O)[C@@H](C)Oc3cccc(Cl)c3)sc3c2CC[C@H](C)C3)cc1. The zero-order valence-electron chi connectivity index (χ0n) is 18.9. The van der Waals surface area contributed by atoms with Gasteiger partial charge in [-0.3, -0.25) is 9.59 Å². The summed E-state index contributed by atoms with van der Waals surface area (Å²) in [6, 6.07) is 14.6. The lowest BCUT2D eigenvalue weighted by Crippen LogP contribution is -2.30. The van der Waals surface area contributed by atoms with Gasteiger partial charge < -0.3 is 15.4 Å². The molecule has 3 aromatic rings. The van der Waals surface area contributed by atoms with E-state index in [0.717, 1.165) is 36.1 Å². The van der Waals surface area contributed by atoms with Crippen molar-refractivity contribution in [1.29, 1.82) is 0 Å². The van der Waals surface area contributed by atoms with Gasteiger partial charge in [0.05, 0.1) is 5.56 Å². The van der Waals surface area contributed by atoms with Crippen LogP contribution in [0.25, 0.3) is 0 Å². The molecule has 0 saturated carbocycles. The van der Waals surface area contributed by atoms with Crippen molar-refractivity contribution in [3.8, 4) is 5.75 Å². The van der Waals surface area contributed by atoms with Crippen molar-refractivity contribution in [2.45, 2.75) is 46.1 Å². The Bertz CT molecular complexity index is 1170. The summed E-state index contributed by atoms with van der Waals surface area (Å²) in [6.07, 6.45) is 2.01. The fraction of sp³-hybridized carbons (Fsp3) is 0.308. The number of carbonyl (C=O) groups is 2. The van der Waals surface area contributed by atoms with Crippen molar-refractivity contribution >= 4 is 45.4 Å². The molecule has 0 spiro atoms. The van der Waals surface area contributed by atoms with E-state index in [9.17, 15) is 9.59 Å². The van der Waals surface area contributed by atoms with E-state index < -0.39 is 6.10 Å². The van der Waals surface area contributed by atoms with Crippen molar-refractivity contribution in [2.75, 3.05) is 10.6 Å². The second-order valence-corrected chi connectivity index (χ2v) is 10.1. The molecule has 172 valence electrons. The molecule has 1 aliphatic carbocycles. The summed E-state index contributed by atoms with van der Waals surface area (Å²) in [7, 11) is 0. The minimum atomic E-state index is -0.755. The Balaban J connectivity index is 1.57. The molecule has 2 amide bonds. The topological polar surface area (TPSA) is 67.4 Å². The second-order valence-electron chi connectivity index (χ2n) is 8.58. The molecular weight excluding hydrogens is 456 g/mol. The van der Waals surface area contributed by atoms with Gasteiger partial charge in [0.15, 0.2) is 6.10 Å². The molecule has 0 unspecified atom stereocenters. The van der Waals surface area contributed by atoms with Crippen LogP contribution in [-0.4, -0.2) is 17.9 Å². The molecule has 7 heteroatoms. The van der Waals surface area contributed by atoms with Crippen LogP contribution in [0.1, 0.15) is 46.6 Å². The maximum atomic E-state index is 13.3. The molecule has 4 rings (SSSR count). The number of rotatable bonds is 6. The number of carbonyl (C=O) groups excluding carboxylic acids is 2. The van der Waals surface area contributed by atoms with Gasteiger partial charge in [-0.25, -0.2) is 0 Å². The molecule has 2 atom stereocenters. The van der Waals surface area contributed by atoms with E-state index in [-0.39, 0.29) is 11.8 Å². The first-order valence-electron chi connectivity index (χ1n) is 11.1. The van der Waals surface area contributed by atoms with Gasteiger partial charge in [-0.15, -0.1) is 11.3 Å². The number of hydrogen-bond acceptors (Lipinski definition) is 4. The number of hydrogen-bond donors (Lipinski definition) is 2. The zero-order chi connectivity index (χ0) is 23.5. The smallest absolute Gasteiger partial charge is 0.265 e. The number of nitrogens with one attached hydrogen (secondary N) is 2. The molecule has 2 N–H and O–H groups in total. The molecule has 1 aromatic heterocycles. The average molecular weight is 483 g/mol. The van der Waals surface area contributed by atoms with Crippen LogP contribution in [0.3, 0.4) is 0 Å². The maximum absolute atomic E-state index is 13.3. The monoisotopic (exact) mass is 482 g/mol. The van der Waals surface area contributed by atoms with Gasteiger partial charge in [0.1, 0.15) is 10.8 Å². The number of anilines is 2. The normalized spacial score (nSPS) is 15.9. The summed E-state index contributed by atoms with van der Waals surface area (Å²) in [6.45, 7) is 5.90. The van der Waals surface area contributed by atoms with E-state index in [4.69, 9.17) is 16.3 Å². The molecule has 0 saturated heterocycles. The fourth-order valence-corrected chi connectivity index (χ4v) is 5.51. The van der Waals surface area contributed by atoms with E-state index in [1.165, 1.54) is 16.2 Å². The summed E-state index contributed by atoms with van der Waals surface area (Å²) in [5.41, 5.74) is 3.45. The van der Waals surface area contributed by atoms with Crippen LogP contribution in [0.5, 0.6) is 5.75 Å². The fourth-order valence-electron chi connectivity index (χ4n) is 3.92. The molecule has 0 aliphatic heterocycles. The summed E-state index contributed by atoms with van der Waals surface area (Å²) < 4.78 is 5.76. The molecule has 1 aliphatic rings.